The van der Waals surface area contributed by atoms with E-state index in [4.69, 9.17) is 4.74 Å². The normalized spacial score (nSPS) is 17.1. The van der Waals surface area contributed by atoms with Crippen molar-refractivity contribution in [3.05, 3.63) is 38.0 Å². The number of aromatic nitrogens is 1. The summed E-state index contributed by atoms with van der Waals surface area (Å²) in [4.78, 5) is 14.2. The molecule has 0 aromatic carbocycles. The molecule has 8 heteroatoms. The lowest BCUT2D eigenvalue weighted by molar-refractivity contribution is 0.0177. The van der Waals surface area contributed by atoms with E-state index in [1.807, 2.05) is 18.4 Å². The van der Waals surface area contributed by atoms with Gasteiger partial charge in [-0.2, -0.15) is 0 Å². The number of thiazole rings is 1. The average Bonchev–Trinajstić information content (AvgIpc) is 3.32. The summed E-state index contributed by atoms with van der Waals surface area (Å²) in [5, 5.41) is 10.2. The lowest BCUT2D eigenvalue weighted by Crippen LogP contribution is -2.46. The van der Waals surface area contributed by atoms with E-state index >= 15 is 0 Å². The van der Waals surface area contributed by atoms with E-state index in [0.717, 1.165) is 57.5 Å². The monoisotopic (exact) mass is 407 g/mol. The van der Waals surface area contributed by atoms with Crippen molar-refractivity contribution in [2.45, 2.75) is 26.3 Å². The number of ether oxygens (including phenoxy) is 1. The van der Waals surface area contributed by atoms with Crippen LogP contribution in [0.15, 0.2) is 22.5 Å². The fourth-order valence-corrected chi connectivity index (χ4v) is 4.92. The van der Waals surface area contributed by atoms with Crippen molar-refractivity contribution >= 4 is 28.6 Å². The van der Waals surface area contributed by atoms with Crippen LogP contribution in [0.4, 0.5) is 0 Å². The van der Waals surface area contributed by atoms with Crippen LogP contribution in [-0.2, 0) is 11.2 Å². The van der Waals surface area contributed by atoms with Crippen LogP contribution in [0.5, 0.6) is 0 Å². The van der Waals surface area contributed by atoms with Gasteiger partial charge in [0.05, 0.1) is 30.0 Å². The van der Waals surface area contributed by atoms with Crippen molar-refractivity contribution < 1.29 is 4.74 Å². The van der Waals surface area contributed by atoms with Crippen LogP contribution in [-0.4, -0.2) is 62.3 Å². The molecule has 0 aliphatic carbocycles. The maximum atomic E-state index is 5.52. The standard InChI is InChI=1S/C19H29N5OS2/c1-14-15(2)27-18(23-14)6-7-21-19(20-3)22-13-16(17-5-4-12-26-17)24-8-10-25-11-9-24/h4-5,12,16H,6-11,13H2,1-3H3,(H2,20,21,22). The van der Waals surface area contributed by atoms with E-state index in [0.29, 0.717) is 6.04 Å². The van der Waals surface area contributed by atoms with Gasteiger partial charge in [-0.15, -0.1) is 22.7 Å². The Labute approximate surface area is 169 Å². The molecule has 1 aliphatic heterocycles. The third-order valence-corrected chi connectivity index (χ3v) is 6.85. The summed E-state index contributed by atoms with van der Waals surface area (Å²) in [6, 6.07) is 4.69. The summed E-state index contributed by atoms with van der Waals surface area (Å²) in [5.74, 6) is 0.842. The molecular formula is C19H29N5OS2. The average molecular weight is 408 g/mol. The molecule has 27 heavy (non-hydrogen) atoms. The van der Waals surface area contributed by atoms with Crippen LogP contribution in [0.2, 0.25) is 0 Å². The Hall–Kier alpha value is -1.48. The number of nitrogens with zero attached hydrogens (tertiary/aromatic N) is 3. The highest BCUT2D eigenvalue weighted by Gasteiger charge is 2.23. The molecule has 1 aliphatic rings. The summed E-state index contributed by atoms with van der Waals surface area (Å²) < 4.78 is 5.52. The highest BCUT2D eigenvalue weighted by Crippen LogP contribution is 2.25. The van der Waals surface area contributed by atoms with Gasteiger partial charge in [0.25, 0.3) is 0 Å². The fourth-order valence-electron chi connectivity index (χ4n) is 3.13. The van der Waals surface area contributed by atoms with Gasteiger partial charge in [0.15, 0.2) is 5.96 Å². The number of hydrogen-bond donors (Lipinski definition) is 2. The Morgan fingerprint density at radius 3 is 2.78 bits per heavy atom. The molecule has 148 valence electrons. The number of rotatable bonds is 7. The zero-order chi connectivity index (χ0) is 19.1. The Morgan fingerprint density at radius 2 is 2.15 bits per heavy atom. The maximum Gasteiger partial charge on any atom is 0.191 e. The summed E-state index contributed by atoms with van der Waals surface area (Å²) in [7, 11) is 1.82. The van der Waals surface area contributed by atoms with E-state index in [1.54, 1.807) is 11.3 Å². The van der Waals surface area contributed by atoms with Crippen LogP contribution < -0.4 is 10.6 Å². The lowest BCUT2D eigenvalue weighted by atomic mass is 10.2. The van der Waals surface area contributed by atoms with Crippen LogP contribution >= 0.6 is 22.7 Å². The molecule has 1 unspecified atom stereocenters. The van der Waals surface area contributed by atoms with Gasteiger partial charge in [0.1, 0.15) is 0 Å². The quantitative estimate of drug-likeness (QED) is 0.546. The van der Waals surface area contributed by atoms with Crippen molar-refractivity contribution in [3.63, 3.8) is 0 Å². The summed E-state index contributed by atoms with van der Waals surface area (Å²) in [5.41, 5.74) is 1.14. The molecule has 2 aromatic heterocycles. The van der Waals surface area contributed by atoms with Gasteiger partial charge < -0.3 is 15.4 Å². The minimum Gasteiger partial charge on any atom is -0.379 e. The van der Waals surface area contributed by atoms with E-state index in [2.05, 4.69) is 56.9 Å². The first-order valence-corrected chi connectivity index (χ1v) is 11.1. The molecular weight excluding hydrogens is 378 g/mol. The Balaban J connectivity index is 1.51. The van der Waals surface area contributed by atoms with Crippen molar-refractivity contribution in [1.29, 1.82) is 0 Å². The van der Waals surface area contributed by atoms with E-state index in [1.165, 1.54) is 14.8 Å². The van der Waals surface area contributed by atoms with Gasteiger partial charge in [-0.1, -0.05) is 6.07 Å². The Kier molecular flexibility index (Phi) is 7.63. The molecule has 0 bridgehead atoms. The minimum absolute atomic E-state index is 0.344. The third kappa shape index (κ3) is 5.75. The highest BCUT2D eigenvalue weighted by atomic mass is 32.1. The summed E-state index contributed by atoms with van der Waals surface area (Å²) >= 11 is 3.59. The van der Waals surface area contributed by atoms with Crippen molar-refractivity contribution in [1.82, 2.24) is 20.5 Å². The van der Waals surface area contributed by atoms with Gasteiger partial charge in [0.2, 0.25) is 0 Å². The largest absolute Gasteiger partial charge is 0.379 e. The number of nitrogens with one attached hydrogen (secondary N) is 2. The van der Waals surface area contributed by atoms with Gasteiger partial charge in [-0.25, -0.2) is 4.98 Å². The zero-order valence-corrected chi connectivity index (χ0v) is 18.0. The van der Waals surface area contributed by atoms with Gasteiger partial charge >= 0.3 is 0 Å². The molecule has 0 amide bonds. The van der Waals surface area contributed by atoms with Crippen molar-refractivity contribution in [3.8, 4) is 0 Å². The molecule has 3 rings (SSSR count). The fraction of sp³-hybridized carbons (Fsp3) is 0.579. The highest BCUT2D eigenvalue weighted by molar-refractivity contribution is 7.11. The van der Waals surface area contributed by atoms with E-state index in [-0.39, 0.29) is 0 Å². The molecule has 1 saturated heterocycles. The van der Waals surface area contributed by atoms with E-state index < -0.39 is 0 Å². The number of hydrogen-bond acceptors (Lipinski definition) is 6. The zero-order valence-electron chi connectivity index (χ0n) is 16.3. The first kappa shape index (κ1) is 20.3. The van der Waals surface area contributed by atoms with E-state index in [9.17, 15) is 0 Å². The second-order valence-electron chi connectivity index (χ2n) is 6.56. The number of morpholine rings is 1. The second-order valence-corrected chi connectivity index (χ2v) is 8.83. The van der Waals surface area contributed by atoms with Gasteiger partial charge in [-0.3, -0.25) is 9.89 Å². The summed E-state index contributed by atoms with van der Waals surface area (Å²) in [6.45, 7) is 9.41. The molecule has 1 atom stereocenters. The smallest absolute Gasteiger partial charge is 0.191 e. The Bertz CT molecular complexity index is 703. The van der Waals surface area contributed by atoms with Gasteiger partial charge in [0, 0.05) is 49.4 Å². The molecule has 6 nitrogen and oxygen atoms in total. The van der Waals surface area contributed by atoms with Crippen LogP contribution in [0.25, 0.3) is 0 Å². The number of aryl methyl sites for hydroxylation is 2. The van der Waals surface area contributed by atoms with Crippen LogP contribution in [0.3, 0.4) is 0 Å². The summed E-state index contributed by atoms with van der Waals surface area (Å²) in [6.07, 6.45) is 0.915. The number of aliphatic imine (C=N–C) groups is 1. The maximum absolute atomic E-state index is 5.52. The van der Waals surface area contributed by atoms with Crippen molar-refractivity contribution in [2.75, 3.05) is 46.4 Å². The molecule has 2 aromatic rings. The van der Waals surface area contributed by atoms with Crippen LogP contribution in [0.1, 0.15) is 26.5 Å². The molecule has 3 heterocycles. The van der Waals surface area contributed by atoms with Gasteiger partial charge in [-0.05, 0) is 25.3 Å². The molecule has 0 radical (unpaired) electrons. The third-order valence-electron chi connectivity index (χ3n) is 4.75. The minimum atomic E-state index is 0.344. The Morgan fingerprint density at radius 1 is 1.33 bits per heavy atom. The molecule has 1 fully saturated rings. The van der Waals surface area contributed by atoms with Crippen molar-refractivity contribution in [2.24, 2.45) is 4.99 Å². The predicted molar refractivity (Wildman–Crippen MR) is 114 cm³/mol. The first-order chi connectivity index (χ1) is 13.2. The molecule has 0 spiro atoms. The predicted octanol–water partition coefficient (Wildman–Crippen LogP) is 2.60. The van der Waals surface area contributed by atoms with Crippen LogP contribution in [0, 0.1) is 13.8 Å². The lowest BCUT2D eigenvalue weighted by Gasteiger charge is -2.34. The molecule has 2 N–H and O–H groups in total. The number of guanidine groups is 1. The SMILES string of the molecule is CN=C(NCCc1nc(C)c(C)s1)NCC(c1cccs1)N1CCOCC1. The first-order valence-electron chi connectivity index (χ1n) is 9.40. The topological polar surface area (TPSA) is 61.8 Å². The number of thiophene rings is 1. The molecule has 0 saturated carbocycles. The second kappa shape index (κ2) is 10.2.